The van der Waals surface area contributed by atoms with Crippen LogP contribution in [0.5, 0.6) is 0 Å². The van der Waals surface area contributed by atoms with Crippen molar-refractivity contribution in [3.8, 4) is 0 Å². The summed E-state index contributed by atoms with van der Waals surface area (Å²) in [6.07, 6.45) is 1.11. The molecule has 0 aromatic carbocycles. The number of nitrogens with zero attached hydrogens (tertiary/aromatic N) is 1. The average molecular weight is 243 g/mol. The van der Waals surface area contributed by atoms with Gasteiger partial charge in [-0.15, -0.1) is 0 Å². The van der Waals surface area contributed by atoms with Crippen LogP contribution in [0.2, 0.25) is 0 Å². The molecule has 1 saturated heterocycles. The standard InChI is InChI=1S/C11H17NO5/c1-3-4-8(10(14)15)12-6-7(5-9(12)13)11(16)17-2/h7-8H,3-6H2,1-2H3,(H,14,15)/t7?,8-/m0/s1. The first-order valence-electron chi connectivity index (χ1n) is 5.61. The minimum Gasteiger partial charge on any atom is -0.480 e. The predicted molar refractivity (Wildman–Crippen MR) is 58.2 cm³/mol. The number of ether oxygens (including phenoxy) is 1. The fourth-order valence-corrected chi connectivity index (χ4v) is 2.04. The number of carbonyl (C=O) groups excluding carboxylic acids is 2. The van der Waals surface area contributed by atoms with Crippen LogP contribution >= 0.6 is 0 Å². The van der Waals surface area contributed by atoms with Gasteiger partial charge in [-0.3, -0.25) is 9.59 Å². The van der Waals surface area contributed by atoms with Crippen molar-refractivity contribution in [3.63, 3.8) is 0 Å². The molecule has 0 spiro atoms. The maximum absolute atomic E-state index is 11.7. The van der Waals surface area contributed by atoms with E-state index in [1.807, 2.05) is 6.92 Å². The van der Waals surface area contributed by atoms with Crippen LogP contribution in [0.4, 0.5) is 0 Å². The Hall–Kier alpha value is -1.59. The molecule has 1 heterocycles. The number of rotatable bonds is 5. The molecule has 1 rings (SSSR count). The predicted octanol–water partition coefficient (Wildman–Crippen LogP) is 0.261. The Morgan fingerprint density at radius 1 is 1.59 bits per heavy atom. The minimum absolute atomic E-state index is 0.0418. The topological polar surface area (TPSA) is 83.9 Å². The third-order valence-electron chi connectivity index (χ3n) is 2.92. The number of hydrogen-bond donors (Lipinski definition) is 1. The van der Waals surface area contributed by atoms with Gasteiger partial charge in [-0.05, 0) is 6.42 Å². The molecule has 1 aliphatic heterocycles. The lowest BCUT2D eigenvalue weighted by atomic mass is 10.1. The molecule has 1 fully saturated rings. The number of hydrogen-bond acceptors (Lipinski definition) is 4. The van der Waals surface area contributed by atoms with E-state index in [-0.39, 0.29) is 18.9 Å². The van der Waals surface area contributed by atoms with Crippen molar-refractivity contribution in [1.82, 2.24) is 4.90 Å². The van der Waals surface area contributed by atoms with Crippen molar-refractivity contribution in [2.75, 3.05) is 13.7 Å². The third kappa shape index (κ3) is 2.95. The number of carboxylic acid groups (broad SMARTS) is 1. The molecule has 2 atom stereocenters. The zero-order valence-corrected chi connectivity index (χ0v) is 10.0. The van der Waals surface area contributed by atoms with E-state index < -0.39 is 23.9 Å². The molecule has 6 nitrogen and oxygen atoms in total. The molecule has 1 unspecified atom stereocenters. The first kappa shape index (κ1) is 13.5. The van der Waals surface area contributed by atoms with Gasteiger partial charge in [0.1, 0.15) is 6.04 Å². The summed E-state index contributed by atoms with van der Waals surface area (Å²) >= 11 is 0. The summed E-state index contributed by atoms with van der Waals surface area (Å²) in [6.45, 7) is 2.00. The van der Waals surface area contributed by atoms with Crippen LogP contribution in [0, 0.1) is 5.92 Å². The van der Waals surface area contributed by atoms with Crippen LogP contribution in [0.25, 0.3) is 0 Å². The van der Waals surface area contributed by atoms with Gasteiger partial charge in [-0.2, -0.15) is 0 Å². The number of carboxylic acids is 1. The summed E-state index contributed by atoms with van der Waals surface area (Å²) in [5.74, 6) is -2.31. The van der Waals surface area contributed by atoms with E-state index in [1.54, 1.807) is 0 Å². The Bertz CT molecular complexity index is 328. The van der Waals surface area contributed by atoms with E-state index in [4.69, 9.17) is 5.11 Å². The van der Waals surface area contributed by atoms with Gasteiger partial charge in [-0.25, -0.2) is 4.79 Å². The number of likely N-dealkylation sites (tertiary alicyclic amines) is 1. The van der Waals surface area contributed by atoms with Gasteiger partial charge in [0.05, 0.1) is 13.0 Å². The molecule has 17 heavy (non-hydrogen) atoms. The molecule has 6 heteroatoms. The summed E-state index contributed by atoms with van der Waals surface area (Å²) in [5.41, 5.74) is 0. The van der Waals surface area contributed by atoms with Crippen LogP contribution in [-0.2, 0) is 19.1 Å². The van der Waals surface area contributed by atoms with Crippen molar-refractivity contribution >= 4 is 17.8 Å². The SMILES string of the molecule is CCC[C@@H](C(=O)O)N1CC(C(=O)OC)CC1=O. The van der Waals surface area contributed by atoms with Crippen LogP contribution in [0.15, 0.2) is 0 Å². The lowest BCUT2D eigenvalue weighted by Crippen LogP contribution is -2.42. The maximum Gasteiger partial charge on any atom is 0.326 e. The van der Waals surface area contributed by atoms with Gasteiger partial charge < -0.3 is 14.7 Å². The molecule has 0 aliphatic carbocycles. The van der Waals surface area contributed by atoms with E-state index in [1.165, 1.54) is 12.0 Å². The lowest BCUT2D eigenvalue weighted by molar-refractivity contribution is -0.149. The highest BCUT2D eigenvalue weighted by atomic mass is 16.5. The molecular formula is C11H17NO5. The summed E-state index contributed by atoms with van der Waals surface area (Å²) < 4.78 is 4.57. The number of methoxy groups -OCH3 is 1. The molecule has 0 saturated carbocycles. The van der Waals surface area contributed by atoms with Crippen molar-refractivity contribution in [2.24, 2.45) is 5.92 Å². The van der Waals surface area contributed by atoms with Gasteiger partial charge in [0, 0.05) is 13.0 Å². The number of amides is 1. The highest BCUT2D eigenvalue weighted by Crippen LogP contribution is 2.23. The molecular weight excluding hydrogens is 226 g/mol. The summed E-state index contributed by atoms with van der Waals surface area (Å²) in [4.78, 5) is 35.3. The molecule has 0 aromatic heterocycles. The molecule has 0 bridgehead atoms. The first-order valence-corrected chi connectivity index (χ1v) is 5.61. The van der Waals surface area contributed by atoms with E-state index >= 15 is 0 Å². The molecule has 96 valence electrons. The van der Waals surface area contributed by atoms with E-state index in [9.17, 15) is 14.4 Å². The average Bonchev–Trinajstić information content (AvgIpc) is 2.66. The van der Waals surface area contributed by atoms with Crippen LogP contribution in [0.1, 0.15) is 26.2 Å². The zero-order valence-electron chi connectivity index (χ0n) is 10.0. The van der Waals surface area contributed by atoms with Gasteiger partial charge in [0.25, 0.3) is 0 Å². The highest BCUT2D eigenvalue weighted by Gasteiger charge is 2.40. The van der Waals surface area contributed by atoms with Gasteiger partial charge >= 0.3 is 11.9 Å². The largest absolute Gasteiger partial charge is 0.480 e. The Morgan fingerprint density at radius 2 is 2.24 bits per heavy atom. The fraction of sp³-hybridized carbons (Fsp3) is 0.727. The summed E-state index contributed by atoms with van der Waals surface area (Å²) in [5, 5.41) is 9.05. The van der Waals surface area contributed by atoms with Crippen LogP contribution < -0.4 is 0 Å². The first-order chi connectivity index (χ1) is 8.01. The number of carbonyl (C=O) groups is 3. The lowest BCUT2D eigenvalue weighted by Gasteiger charge is -2.24. The minimum atomic E-state index is -1.02. The second kappa shape index (κ2) is 5.65. The second-order valence-electron chi connectivity index (χ2n) is 4.11. The number of esters is 1. The van der Waals surface area contributed by atoms with Crippen molar-refractivity contribution < 1.29 is 24.2 Å². The summed E-state index contributed by atoms with van der Waals surface area (Å²) in [6, 6.07) is -0.831. The monoisotopic (exact) mass is 243 g/mol. The Kier molecular flexibility index (Phi) is 4.48. The Morgan fingerprint density at radius 3 is 2.71 bits per heavy atom. The molecule has 0 aromatic rings. The Balaban J connectivity index is 2.74. The van der Waals surface area contributed by atoms with Crippen molar-refractivity contribution in [3.05, 3.63) is 0 Å². The van der Waals surface area contributed by atoms with Gasteiger partial charge in [-0.1, -0.05) is 13.3 Å². The van der Waals surface area contributed by atoms with Crippen LogP contribution in [-0.4, -0.2) is 47.5 Å². The van der Waals surface area contributed by atoms with E-state index in [0.717, 1.165) is 0 Å². The second-order valence-corrected chi connectivity index (χ2v) is 4.11. The van der Waals surface area contributed by atoms with Gasteiger partial charge in [0.15, 0.2) is 0 Å². The third-order valence-corrected chi connectivity index (χ3v) is 2.92. The quantitative estimate of drug-likeness (QED) is 0.700. The Labute approximate surface area is 99.5 Å². The molecule has 1 N–H and O–H groups in total. The highest BCUT2D eigenvalue weighted by molar-refractivity contribution is 5.90. The van der Waals surface area contributed by atoms with Crippen LogP contribution in [0.3, 0.4) is 0 Å². The number of aliphatic carboxylic acids is 1. The van der Waals surface area contributed by atoms with E-state index in [2.05, 4.69) is 4.74 Å². The van der Waals surface area contributed by atoms with Crippen molar-refractivity contribution in [2.45, 2.75) is 32.2 Å². The molecule has 0 radical (unpaired) electrons. The molecule has 1 amide bonds. The fourth-order valence-electron chi connectivity index (χ4n) is 2.04. The normalized spacial score (nSPS) is 21.4. The molecule has 1 aliphatic rings. The summed E-state index contributed by atoms with van der Waals surface area (Å²) in [7, 11) is 1.26. The van der Waals surface area contributed by atoms with E-state index in [0.29, 0.717) is 12.8 Å². The van der Waals surface area contributed by atoms with Gasteiger partial charge in [0.2, 0.25) is 5.91 Å². The zero-order chi connectivity index (χ0) is 13.0. The maximum atomic E-state index is 11.7. The van der Waals surface area contributed by atoms with Crippen molar-refractivity contribution in [1.29, 1.82) is 0 Å². The smallest absolute Gasteiger partial charge is 0.326 e.